The third-order valence-electron chi connectivity index (χ3n) is 6.26. The zero-order chi connectivity index (χ0) is 22.8. The van der Waals surface area contributed by atoms with Crippen LogP contribution in [-0.4, -0.2) is 67.9 Å². The topological polar surface area (TPSA) is 88.1 Å². The van der Waals surface area contributed by atoms with Crippen LogP contribution in [0.1, 0.15) is 49.4 Å². The summed E-state index contributed by atoms with van der Waals surface area (Å²) in [6.45, 7) is 3.37. The fraction of sp³-hybridized carbons (Fsp3) is 0.440. The molecule has 32 heavy (non-hydrogen) atoms. The van der Waals surface area contributed by atoms with E-state index in [4.69, 9.17) is 9.47 Å². The van der Waals surface area contributed by atoms with E-state index >= 15 is 0 Å². The number of amides is 2. The van der Waals surface area contributed by atoms with Gasteiger partial charge in [0.05, 0.1) is 30.9 Å². The van der Waals surface area contributed by atoms with Crippen LogP contribution in [0.2, 0.25) is 0 Å². The highest BCUT2D eigenvalue weighted by Gasteiger charge is 2.29. The van der Waals surface area contributed by atoms with Crippen LogP contribution in [0.15, 0.2) is 30.3 Å². The van der Waals surface area contributed by atoms with Gasteiger partial charge in [0.1, 0.15) is 5.75 Å². The van der Waals surface area contributed by atoms with Gasteiger partial charge < -0.3 is 24.8 Å². The number of hydrogen-bond donors (Lipinski definition) is 2. The van der Waals surface area contributed by atoms with Crippen molar-refractivity contribution in [2.45, 2.75) is 38.3 Å². The molecule has 0 aromatic heterocycles. The first-order valence-electron chi connectivity index (χ1n) is 11.0. The molecule has 0 aliphatic carbocycles. The van der Waals surface area contributed by atoms with Crippen LogP contribution >= 0.6 is 0 Å². The molecule has 2 aliphatic heterocycles. The maximum absolute atomic E-state index is 13.1. The van der Waals surface area contributed by atoms with E-state index < -0.39 is 6.10 Å². The van der Waals surface area contributed by atoms with Crippen LogP contribution < -0.4 is 10.1 Å². The summed E-state index contributed by atoms with van der Waals surface area (Å²) in [4.78, 5) is 26.8. The van der Waals surface area contributed by atoms with Gasteiger partial charge in [-0.15, -0.1) is 0 Å². The minimum Gasteiger partial charge on any atom is -0.492 e. The lowest BCUT2D eigenvalue weighted by molar-refractivity contribution is -0.0261. The molecule has 2 amide bonds. The van der Waals surface area contributed by atoms with Crippen molar-refractivity contribution >= 4 is 11.8 Å². The summed E-state index contributed by atoms with van der Waals surface area (Å²) in [5.41, 5.74) is 5.48. The molecule has 2 aromatic rings. The first-order chi connectivity index (χ1) is 15.3. The molecular formula is C25H30N2O5. The number of hydrogen-bond acceptors (Lipinski definition) is 5. The smallest absolute Gasteiger partial charge is 0.255 e. The first kappa shape index (κ1) is 22.3. The Morgan fingerprint density at radius 2 is 1.94 bits per heavy atom. The zero-order valence-electron chi connectivity index (χ0n) is 18.8. The first-order valence-corrected chi connectivity index (χ1v) is 11.0. The molecule has 0 radical (unpaired) electrons. The van der Waals surface area contributed by atoms with Gasteiger partial charge in [-0.25, -0.2) is 0 Å². The Hall–Kier alpha value is -2.90. The summed E-state index contributed by atoms with van der Waals surface area (Å²) in [5, 5.41) is 13.1. The fourth-order valence-corrected chi connectivity index (χ4v) is 4.33. The van der Waals surface area contributed by atoms with Gasteiger partial charge >= 0.3 is 0 Å². The van der Waals surface area contributed by atoms with Gasteiger partial charge in [0, 0.05) is 38.2 Å². The summed E-state index contributed by atoms with van der Waals surface area (Å²) in [6, 6.07) is 9.16. The van der Waals surface area contributed by atoms with E-state index in [0.717, 1.165) is 28.7 Å². The highest BCUT2D eigenvalue weighted by Crippen LogP contribution is 2.35. The largest absolute Gasteiger partial charge is 0.492 e. The maximum atomic E-state index is 13.1. The number of fused-ring (bicyclic) bond motifs is 1. The summed E-state index contributed by atoms with van der Waals surface area (Å²) in [5.74, 6) is 0.385. The van der Waals surface area contributed by atoms with Crippen molar-refractivity contribution in [3.8, 4) is 5.75 Å². The molecule has 0 spiro atoms. The van der Waals surface area contributed by atoms with Crippen molar-refractivity contribution in [2.75, 3.05) is 33.9 Å². The van der Waals surface area contributed by atoms with E-state index in [1.54, 1.807) is 19.0 Å². The highest BCUT2D eigenvalue weighted by molar-refractivity contribution is 5.98. The van der Waals surface area contributed by atoms with Gasteiger partial charge in [-0.1, -0.05) is 12.1 Å². The molecule has 2 aromatic carbocycles. The number of ether oxygens (including phenoxy) is 2. The molecule has 1 saturated heterocycles. The van der Waals surface area contributed by atoms with Crippen molar-refractivity contribution in [1.82, 2.24) is 10.2 Å². The van der Waals surface area contributed by atoms with Gasteiger partial charge in [-0.2, -0.15) is 0 Å². The van der Waals surface area contributed by atoms with Gasteiger partial charge in [-0.3, -0.25) is 9.59 Å². The second-order valence-corrected chi connectivity index (χ2v) is 8.70. The van der Waals surface area contributed by atoms with E-state index in [9.17, 15) is 14.7 Å². The van der Waals surface area contributed by atoms with Gasteiger partial charge in [0.2, 0.25) is 0 Å². The normalized spacial score (nSPS) is 19.8. The molecule has 4 rings (SSSR count). The third kappa shape index (κ3) is 4.49. The molecule has 2 atom stereocenters. The summed E-state index contributed by atoms with van der Waals surface area (Å²) in [6.07, 6.45) is 1.28. The lowest BCUT2D eigenvalue weighted by Gasteiger charge is -2.28. The SMILES string of the molecule is Cc1c(Cc2ccc(C(=O)N(C)C)cc2)cc(C(=O)N[C@H]2CCOC[C@@H]2O)c2c1CCO2. The Morgan fingerprint density at radius 3 is 2.62 bits per heavy atom. The lowest BCUT2D eigenvalue weighted by atomic mass is 9.92. The molecule has 7 heteroatoms. The van der Waals surface area contributed by atoms with E-state index in [2.05, 4.69) is 12.2 Å². The molecular weight excluding hydrogens is 408 g/mol. The number of carbonyl (C=O) groups excluding carboxylic acids is 2. The molecule has 2 heterocycles. The number of carbonyl (C=O) groups is 2. The number of nitrogens with zero attached hydrogens (tertiary/aromatic N) is 1. The average Bonchev–Trinajstić information content (AvgIpc) is 3.27. The summed E-state index contributed by atoms with van der Waals surface area (Å²) in [7, 11) is 3.47. The second-order valence-electron chi connectivity index (χ2n) is 8.70. The van der Waals surface area contributed by atoms with E-state index in [1.165, 1.54) is 0 Å². The van der Waals surface area contributed by atoms with Crippen molar-refractivity contribution in [3.63, 3.8) is 0 Å². The number of aliphatic hydroxyl groups excluding tert-OH is 1. The van der Waals surface area contributed by atoms with Crippen LogP contribution in [0.5, 0.6) is 5.75 Å². The standard InChI is InChI=1S/C25H30N2O5/c1-15-18(12-16-4-6-17(7-5-16)25(30)27(2)3)13-20(23-19(15)8-11-32-23)24(29)26-21-9-10-31-14-22(21)28/h4-7,13,21-22,28H,8-12,14H2,1-3H3,(H,26,29)/t21-,22-/m0/s1. The number of aliphatic hydroxyl groups is 1. The van der Waals surface area contributed by atoms with Crippen LogP contribution in [0.4, 0.5) is 0 Å². The fourth-order valence-electron chi connectivity index (χ4n) is 4.33. The molecule has 2 aliphatic rings. The Morgan fingerprint density at radius 1 is 1.19 bits per heavy atom. The van der Waals surface area contributed by atoms with Crippen LogP contribution in [0, 0.1) is 6.92 Å². The molecule has 1 fully saturated rings. The van der Waals surface area contributed by atoms with Crippen molar-refractivity contribution in [1.29, 1.82) is 0 Å². The predicted molar refractivity (Wildman–Crippen MR) is 120 cm³/mol. The average molecular weight is 439 g/mol. The van der Waals surface area contributed by atoms with E-state index in [-0.39, 0.29) is 24.5 Å². The number of benzene rings is 2. The number of rotatable bonds is 5. The van der Waals surface area contributed by atoms with E-state index in [1.807, 2.05) is 30.3 Å². The predicted octanol–water partition coefficient (Wildman–Crippen LogP) is 2.10. The summed E-state index contributed by atoms with van der Waals surface area (Å²) >= 11 is 0. The maximum Gasteiger partial charge on any atom is 0.255 e. The zero-order valence-corrected chi connectivity index (χ0v) is 18.8. The van der Waals surface area contributed by atoms with Crippen molar-refractivity contribution < 1.29 is 24.2 Å². The molecule has 7 nitrogen and oxygen atoms in total. The van der Waals surface area contributed by atoms with Gasteiger partial charge in [0.15, 0.2) is 0 Å². The van der Waals surface area contributed by atoms with Crippen LogP contribution in [-0.2, 0) is 17.6 Å². The van der Waals surface area contributed by atoms with Crippen LogP contribution in [0.3, 0.4) is 0 Å². The van der Waals surface area contributed by atoms with Crippen molar-refractivity contribution in [2.24, 2.45) is 0 Å². The van der Waals surface area contributed by atoms with Gasteiger partial charge in [0.25, 0.3) is 11.8 Å². The summed E-state index contributed by atoms with van der Waals surface area (Å²) < 4.78 is 11.1. The molecule has 0 bridgehead atoms. The minimum atomic E-state index is -0.713. The Kier molecular flexibility index (Phi) is 6.48. The van der Waals surface area contributed by atoms with Gasteiger partial charge in [-0.05, 0) is 54.7 Å². The second kappa shape index (κ2) is 9.30. The molecule has 170 valence electrons. The van der Waals surface area contributed by atoms with E-state index in [0.29, 0.717) is 42.9 Å². The highest BCUT2D eigenvalue weighted by atomic mass is 16.5. The Balaban J connectivity index is 1.59. The molecule has 0 saturated carbocycles. The Bertz CT molecular complexity index is 1020. The third-order valence-corrected chi connectivity index (χ3v) is 6.26. The monoisotopic (exact) mass is 438 g/mol. The number of nitrogens with one attached hydrogen (secondary N) is 1. The van der Waals surface area contributed by atoms with Crippen molar-refractivity contribution in [3.05, 3.63) is 63.7 Å². The molecule has 0 unspecified atom stereocenters. The quantitative estimate of drug-likeness (QED) is 0.747. The lowest BCUT2D eigenvalue weighted by Crippen LogP contribution is -2.48. The minimum absolute atomic E-state index is 0.0309. The Labute approximate surface area is 188 Å². The molecule has 2 N–H and O–H groups in total. The van der Waals surface area contributed by atoms with Crippen LogP contribution in [0.25, 0.3) is 0 Å².